The average molecular weight is 437 g/mol. The van der Waals surface area contributed by atoms with Gasteiger partial charge in [0.25, 0.3) is 5.91 Å². The summed E-state index contributed by atoms with van der Waals surface area (Å²) in [5, 5.41) is 16.0. The number of nitrogens with zero attached hydrogens (tertiary/aromatic N) is 3. The fraction of sp³-hybridized carbons (Fsp3) is 0.182. The molecule has 3 aromatic rings. The third-order valence-electron chi connectivity index (χ3n) is 4.54. The molecular formula is C22H20FN5O4. The van der Waals surface area contributed by atoms with Crippen molar-refractivity contribution in [2.45, 2.75) is 13.5 Å². The number of aromatic nitrogens is 2. The molecule has 1 aromatic heterocycles. The first-order valence-corrected chi connectivity index (χ1v) is 9.56. The highest BCUT2D eigenvalue weighted by Gasteiger charge is 2.24. The number of hydrogen-bond donors (Lipinski definition) is 2. The van der Waals surface area contributed by atoms with E-state index < -0.39 is 17.7 Å². The maximum absolute atomic E-state index is 13.5. The molecule has 1 amide bonds. The highest BCUT2D eigenvalue weighted by atomic mass is 19.1. The van der Waals surface area contributed by atoms with E-state index in [4.69, 9.17) is 15.2 Å². The number of nitriles is 1. The molecule has 0 spiro atoms. The molecule has 3 N–H and O–H groups in total. The van der Waals surface area contributed by atoms with Crippen LogP contribution in [0.4, 0.5) is 10.1 Å². The Morgan fingerprint density at radius 3 is 2.59 bits per heavy atom. The lowest BCUT2D eigenvalue weighted by Crippen LogP contribution is -2.23. The minimum Gasteiger partial charge on any atom is -0.496 e. The molecule has 2 aromatic carbocycles. The molecule has 10 heteroatoms. The number of carbonyl (C=O) groups is 2. The van der Waals surface area contributed by atoms with Crippen molar-refractivity contribution >= 4 is 17.6 Å². The monoisotopic (exact) mass is 437 g/mol. The van der Waals surface area contributed by atoms with Crippen LogP contribution in [0.25, 0.3) is 5.69 Å². The normalized spacial score (nSPS) is 10.3. The van der Waals surface area contributed by atoms with Gasteiger partial charge in [-0.2, -0.15) is 10.4 Å². The van der Waals surface area contributed by atoms with Crippen LogP contribution in [0.3, 0.4) is 0 Å². The summed E-state index contributed by atoms with van der Waals surface area (Å²) in [6, 6.07) is 12.3. The zero-order valence-electron chi connectivity index (χ0n) is 17.4. The van der Waals surface area contributed by atoms with Crippen molar-refractivity contribution in [3.63, 3.8) is 0 Å². The largest absolute Gasteiger partial charge is 0.496 e. The molecule has 32 heavy (non-hydrogen) atoms. The number of hydrogen-bond acceptors (Lipinski definition) is 7. The lowest BCUT2D eigenvalue weighted by molar-refractivity contribution is 0.0517. The number of benzene rings is 2. The van der Waals surface area contributed by atoms with E-state index in [1.165, 1.54) is 23.9 Å². The Balaban J connectivity index is 1.79. The van der Waals surface area contributed by atoms with Gasteiger partial charge in [0, 0.05) is 6.54 Å². The molecule has 3 rings (SSSR count). The Labute approximate surface area is 183 Å². The molecular weight excluding hydrogens is 417 g/mol. The molecule has 0 unspecified atom stereocenters. The molecule has 0 fully saturated rings. The zero-order valence-corrected chi connectivity index (χ0v) is 17.4. The Bertz CT molecular complexity index is 1200. The van der Waals surface area contributed by atoms with E-state index >= 15 is 0 Å². The summed E-state index contributed by atoms with van der Waals surface area (Å²) in [7, 11) is 1.40. The topological polar surface area (TPSA) is 132 Å². The molecule has 0 aliphatic heterocycles. The molecule has 1 heterocycles. The van der Waals surface area contributed by atoms with Crippen molar-refractivity contribution < 1.29 is 23.5 Å². The van der Waals surface area contributed by atoms with Gasteiger partial charge in [-0.3, -0.25) is 4.79 Å². The van der Waals surface area contributed by atoms with E-state index in [2.05, 4.69) is 10.4 Å². The van der Waals surface area contributed by atoms with E-state index in [0.29, 0.717) is 5.69 Å². The Hall–Kier alpha value is -4.39. The van der Waals surface area contributed by atoms with E-state index in [0.717, 1.165) is 11.6 Å². The van der Waals surface area contributed by atoms with Gasteiger partial charge in [0.1, 0.15) is 23.3 Å². The third kappa shape index (κ3) is 4.52. The van der Waals surface area contributed by atoms with Gasteiger partial charge in [-0.15, -0.1) is 0 Å². The predicted octanol–water partition coefficient (Wildman–Crippen LogP) is 2.58. The number of nitrogens with one attached hydrogen (secondary N) is 1. The number of anilines is 1. The van der Waals surface area contributed by atoms with Crippen molar-refractivity contribution in [3.05, 3.63) is 70.8 Å². The van der Waals surface area contributed by atoms with Crippen molar-refractivity contribution in [1.29, 1.82) is 5.26 Å². The number of halogens is 1. The van der Waals surface area contributed by atoms with Crippen molar-refractivity contribution in [2.75, 3.05) is 19.5 Å². The first-order chi connectivity index (χ1) is 15.4. The fourth-order valence-corrected chi connectivity index (χ4v) is 2.99. The predicted molar refractivity (Wildman–Crippen MR) is 113 cm³/mol. The summed E-state index contributed by atoms with van der Waals surface area (Å²) in [6.45, 7) is 1.96. The average Bonchev–Trinajstić information content (AvgIpc) is 3.14. The molecule has 0 saturated carbocycles. The summed E-state index contributed by atoms with van der Waals surface area (Å²) in [5.41, 5.74) is 6.99. The molecule has 0 aliphatic rings. The molecule has 0 saturated heterocycles. The van der Waals surface area contributed by atoms with Gasteiger partial charge in [-0.1, -0.05) is 12.1 Å². The smallest absolute Gasteiger partial charge is 0.359 e. The van der Waals surface area contributed by atoms with E-state index in [9.17, 15) is 19.2 Å². The van der Waals surface area contributed by atoms with Gasteiger partial charge < -0.3 is 20.5 Å². The summed E-state index contributed by atoms with van der Waals surface area (Å²) in [6.07, 6.45) is 0. The Morgan fingerprint density at radius 1 is 1.25 bits per heavy atom. The lowest BCUT2D eigenvalue weighted by Gasteiger charge is -2.11. The number of methoxy groups -OCH3 is 1. The highest BCUT2D eigenvalue weighted by Crippen LogP contribution is 2.23. The van der Waals surface area contributed by atoms with Crippen LogP contribution in [0, 0.1) is 17.1 Å². The number of nitrogens with two attached hydrogens (primary N) is 1. The van der Waals surface area contributed by atoms with E-state index in [-0.39, 0.29) is 41.5 Å². The summed E-state index contributed by atoms with van der Waals surface area (Å²) >= 11 is 0. The standard InChI is InChI=1S/C22H20FN5O4/c1-3-32-22(30)20-19(25)17(11-24)27-28(20)15-7-4-13(5-8-15)12-26-21(29)16-10-14(23)6-9-18(16)31-2/h4-10H,3,12,25H2,1-2H3,(H,26,29). The van der Waals surface area contributed by atoms with Crippen LogP contribution >= 0.6 is 0 Å². The SMILES string of the molecule is CCOC(=O)c1c(N)c(C#N)nn1-c1ccc(CNC(=O)c2cc(F)ccc2OC)cc1. The van der Waals surface area contributed by atoms with E-state index in [1.807, 2.05) is 6.07 Å². The van der Waals surface area contributed by atoms with Crippen LogP contribution in [0.15, 0.2) is 42.5 Å². The van der Waals surface area contributed by atoms with Gasteiger partial charge in [-0.05, 0) is 42.8 Å². The number of ether oxygens (including phenoxy) is 2. The maximum atomic E-state index is 13.5. The molecule has 0 radical (unpaired) electrons. The molecule has 0 aliphatic carbocycles. The second kappa shape index (κ2) is 9.61. The van der Waals surface area contributed by atoms with Crippen LogP contribution in [-0.2, 0) is 11.3 Å². The fourth-order valence-electron chi connectivity index (χ4n) is 2.99. The second-order valence-electron chi connectivity index (χ2n) is 6.55. The van der Waals surface area contributed by atoms with Crippen LogP contribution in [-0.4, -0.2) is 35.4 Å². The number of amides is 1. The molecule has 0 bridgehead atoms. The van der Waals surface area contributed by atoms with Gasteiger partial charge >= 0.3 is 5.97 Å². The van der Waals surface area contributed by atoms with E-state index in [1.54, 1.807) is 31.2 Å². The van der Waals surface area contributed by atoms with Gasteiger partial charge in [0.05, 0.1) is 25.0 Å². The van der Waals surface area contributed by atoms with Crippen LogP contribution in [0.2, 0.25) is 0 Å². The van der Waals surface area contributed by atoms with Gasteiger partial charge in [0.2, 0.25) is 0 Å². The van der Waals surface area contributed by atoms with Crippen molar-refractivity contribution in [1.82, 2.24) is 15.1 Å². The van der Waals surface area contributed by atoms with Crippen molar-refractivity contribution in [3.8, 4) is 17.5 Å². The summed E-state index contributed by atoms with van der Waals surface area (Å²) < 4.78 is 24.9. The number of esters is 1. The van der Waals surface area contributed by atoms with Gasteiger partial charge in [-0.25, -0.2) is 13.9 Å². The molecule has 9 nitrogen and oxygen atoms in total. The summed E-state index contributed by atoms with van der Waals surface area (Å²) in [5.74, 6) is -1.48. The van der Waals surface area contributed by atoms with Crippen molar-refractivity contribution in [2.24, 2.45) is 0 Å². The molecule has 164 valence electrons. The summed E-state index contributed by atoms with van der Waals surface area (Å²) in [4.78, 5) is 24.7. The third-order valence-corrected chi connectivity index (χ3v) is 4.54. The van der Waals surface area contributed by atoms with Crippen LogP contribution < -0.4 is 15.8 Å². The zero-order chi connectivity index (χ0) is 23.3. The maximum Gasteiger partial charge on any atom is 0.359 e. The number of carbonyl (C=O) groups excluding carboxylic acids is 2. The quantitative estimate of drug-likeness (QED) is 0.543. The van der Waals surface area contributed by atoms with Crippen LogP contribution in [0.5, 0.6) is 5.75 Å². The number of nitrogen functional groups attached to an aromatic ring is 1. The second-order valence-corrected chi connectivity index (χ2v) is 6.55. The Morgan fingerprint density at radius 2 is 1.97 bits per heavy atom. The first-order valence-electron chi connectivity index (χ1n) is 9.56. The number of rotatable bonds is 7. The highest BCUT2D eigenvalue weighted by molar-refractivity contribution is 5.97. The Kier molecular flexibility index (Phi) is 6.70. The minimum absolute atomic E-state index is 0.0392. The first kappa shape index (κ1) is 22.3. The van der Waals surface area contributed by atoms with Crippen LogP contribution in [0.1, 0.15) is 39.0 Å². The minimum atomic E-state index is -0.695. The molecule has 0 atom stereocenters. The lowest BCUT2D eigenvalue weighted by atomic mass is 10.1. The van der Waals surface area contributed by atoms with Gasteiger partial charge in [0.15, 0.2) is 11.4 Å².